The zero-order chi connectivity index (χ0) is 24.5. The van der Waals surface area contributed by atoms with E-state index in [1.807, 2.05) is 67.7 Å². The first-order chi connectivity index (χ1) is 17.1. The van der Waals surface area contributed by atoms with Crippen molar-refractivity contribution in [3.8, 4) is 17.0 Å². The summed E-state index contributed by atoms with van der Waals surface area (Å²) in [5.74, 6) is 0.808. The van der Waals surface area contributed by atoms with Gasteiger partial charge in [-0.25, -0.2) is 4.99 Å². The number of rotatable bonds is 9. The Morgan fingerprint density at radius 1 is 0.971 bits per heavy atom. The number of ether oxygens (including phenoxy) is 1. The summed E-state index contributed by atoms with van der Waals surface area (Å²) in [4.78, 5) is 19.6. The van der Waals surface area contributed by atoms with Crippen molar-refractivity contribution in [2.75, 3.05) is 45.3 Å². The fourth-order valence-corrected chi connectivity index (χ4v) is 4.35. The molecule has 1 fully saturated rings. The lowest BCUT2D eigenvalue weighted by Crippen LogP contribution is -2.37. The Labute approximate surface area is 207 Å². The number of carbonyl (C=O) groups excluding carboxylic acids is 1. The first-order valence-electron chi connectivity index (χ1n) is 12.3. The van der Waals surface area contributed by atoms with Gasteiger partial charge in [-0.3, -0.25) is 4.79 Å². The van der Waals surface area contributed by atoms with Crippen molar-refractivity contribution in [1.29, 1.82) is 0 Å². The van der Waals surface area contributed by atoms with Crippen molar-refractivity contribution in [3.63, 3.8) is 0 Å². The third-order valence-electron chi connectivity index (χ3n) is 6.42. The van der Waals surface area contributed by atoms with Crippen molar-refractivity contribution >= 4 is 11.6 Å². The molecular formula is C28H35N5O2. The van der Waals surface area contributed by atoms with Crippen LogP contribution in [0.1, 0.15) is 29.6 Å². The quantitative estimate of drug-likeness (QED) is 0.495. The van der Waals surface area contributed by atoms with E-state index in [9.17, 15) is 4.79 Å². The SMILES string of the molecule is COc1ccc(-c2cccc(=NCNc3ccc(C(=O)NCCN4CCCCC4)cc3)n2C)cc1. The normalized spacial score (nSPS) is 14.5. The number of pyridine rings is 1. The van der Waals surface area contributed by atoms with Crippen LogP contribution in [-0.2, 0) is 7.05 Å². The minimum atomic E-state index is -0.0272. The summed E-state index contributed by atoms with van der Waals surface area (Å²) in [5, 5.41) is 6.34. The van der Waals surface area contributed by atoms with Crippen LogP contribution < -0.4 is 20.9 Å². The van der Waals surface area contributed by atoms with E-state index in [0.717, 1.165) is 47.8 Å². The monoisotopic (exact) mass is 473 g/mol. The number of benzene rings is 2. The molecule has 0 spiro atoms. The Hall–Kier alpha value is -3.58. The van der Waals surface area contributed by atoms with E-state index in [-0.39, 0.29) is 5.91 Å². The standard InChI is InChI=1S/C28H35N5O2/c1-32-26(22-11-15-25(35-2)16-12-22)7-6-8-27(32)31-21-30-24-13-9-23(10-14-24)28(34)29-17-20-33-18-4-3-5-19-33/h6-16,30H,3-5,17-21H2,1-2H3,(H,29,34). The number of hydrogen-bond acceptors (Lipinski definition) is 5. The molecule has 184 valence electrons. The van der Waals surface area contributed by atoms with Gasteiger partial charge in [-0.1, -0.05) is 12.5 Å². The predicted molar refractivity (Wildman–Crippen MR) is 141 cm³/mol. The first kappa shape index (κ1) is 24.5. The fourth-order valence-electron chi connectivity index (χ4n) is 4.35. The Kier molecular flexibility index (Phi) is 8.57. The average molecular weight is 474 g/mol. The maximum absolute atomic E-state index is 12.4. The van der Waals surface area contributed by atoms with Crippen LogP contribution in [0.4, 0.5) is 5.69 Å². The van der Waals surface area contributed by atoms with Crippen molar-refractivity contribution in [1.82, 2.24) is 14.8 Å². The van der Waals surface area contributed by atoms with Crippen LogP contribution in [0.25, 0.3) is 11.3 Å². The van der Waals surface area contributed by atoms with E-state index in [0.29, 0.717) is 18.8 Å². The van der Waals surface area contributed by atoms with Gasteiger partial charge >= 0.3 is 0 Å². The lowest BCUT2D eigenvalue weighted by atomic mass is 10.1. The van der Waals surface area contributed by atoms with Gasteiger partial charge in [0.25, 0.3) is 5.91 Å². The van der Waals surface area contributed by atoms with Crippen LogP contribution >= 0.6 is 0 Å². The fraction of sp³-hybridized carbons (Fsp3) is 0.357. The summed E-state index contributed by atoms with van der Waals surface area (Å²) in [6, 6.07) is 21.6. The van der Waals surface area contributed by atoms with Crippen LogP contribution in [0.2, 0.25) is 0 Å². The van der Waals surface area contributed by atoms with Crippen molar-refractivity contribution < 1.29 is 9.53 Å². The molecular weight excluding hydrogens is 438 g/mol. The van der Waals surface area contributed by atoms with Gasteiger partial charge in [-0.2, -0.15) is 0 Å². The van der Waals surface area contributed by atoms with Gasteiger partial charge in [0.15, 0.2) is 0 Å². The lowest BCUT2D eigenvalue weighted by Gasteiger charge is -2.26. The van der Waals surface area contributed by atoms with E-state index in [2.05, 4.69) is 26.2 Å². The number of methoxy groups -OCH3 is 1. The Bertz CT molecular complexity index is 1160. The van der Waals surface area contributed by atoms with Crippen LogP contribution in [0.3, 0.4) is 0 Å². The Balaban J connectivity index is 1.31. The largest absolute Gasteiger partial charge is 0.497 e. The van der Waals surface area contributed by atoms with E-state index in [1.54, 1.807) is 7.11 Å². The number of likely N-dealkylation sites (tertiary alicyclic amines) is 1. The summed E-state index contributed by atoms with van der Waals surface area (Å²) in [6.45, 7) is 4.33. The van der Waals surface area contributed by atoms with Crippen LogP contribution in [-0.4, -0.2) is 55.3 Å². The molecule has 2 heterocycles. The maximum atomic E-state index is 12.4. The highest BCUT2D eigenvalue weighted by Crippen LogP contribution is 2.20. The number of nitrogens with one attached hydrogen (secondary N) is 2. The molecule has 0 atom stereocenters. The number of piperidine rings is 1. The molecule has 1 aliphatic rings. The Morgan fingerprint density at radius 3 is 2.43 bits per heavy atom. The number of anilines is 1. The van der Waals surface area contributed by atoms with Crippen LogP contribution in [0.15, 0.2) is 71.7 Å². The summed E-state index contributed by atoms with van der Waals surface area (Å²) in [6.07, 6.45) is 3.85. The van der Waals surface area contributed by atoms with Gasteiger partial charge < -0.3 is 24.8 Å². The molecule has 0 radical (unpaired) electrons. The van der Waals surface area contributed by atoms with Gasteiger partial charge in [-0.05, 0) is 92.2 Å². The number of nitrogens with zero attached hydrogens (tertiary/aromatic N) is 3. The number of amides is 1. The van der Waals surface area contributed by atoms with E-state index in [1.165, 1.54) is 19.3 Å². The van der Waals surface area contributed by atoms with E-state index in [4.69, 9.17) is 9.73 Å². The van der Waals surface area contributed by atoms with Gasteiger partial charge in [0.1, 0.15) is 17.9 Å². The maximum Gasteiger partial charge on any atom is 0.251 e. The van der Waals surface area contributed by atoms with E-state index < -0.39 is 0 Å². The molecule has 7 heteroatoms. The van der Waals surface area contributed by atoms with Gasteiger partial charge in [0.2, 0.25) is 0 Å². The molecule has 4 rings (SSSR count). The van der Waals surface area contributed by atoms with Crippen molar-refractivity contribution in [2.24, 2.45) is 12.0 Å². The van der Waals surface area contributed by atoms with Gasteiger partial charge in [-0.15, -0.1) is 0 Å². The predicted octanol–water partition coefficient (Wildman–Crippen LogP) is 3.89. The third kappa shape index (κ3) is 6.73. The molecule has 1 amide bonds. The summed E-state index contributed by atoms with van der Waals surface area (Å²) in [5.41, 5.74) is 4.64. The molecule has 2 aromatic carbocycles. The molecule has 2 N–H and O–H groups in total. The lowest BCUT2D eigenvalue weighted by molar-refractivity contribution is 0.0946. The van der Waals surface area contributed by atoms with Gasteiger partial charge in [0.05, 0.1) is 7.11 Å². The number of aromatic nitrogens is 1. The summed E-state index contributed by atoms with van der Waals surface area (Å²) < 4.78 is 7.33. The second kappa shape index (κ2) is 12.2. The third-order valence-corrected chi connectivity index (χ3v) is 6.42. The smallest absolute Gasteiger partial charge is 0.251 e. The highest BCUT2D eigenvalue weighted by Gasteiger charge is 2.10. The van der Waals surface area contributed by atoms with Crippen LogP contribution in [0, 0.1) is 0 Å². The molecule has 0 aliphatic carbocycles. The zero-order valence-electron chi connectivity index (χ0n) is 20.7. The molecule has 0 saturated carbocycles. The molecule has 1 saturated heterocycles. The van der Waals surface area contributed by atoms with Gasteiger partial charge in [0, 0.05) is 37.1 Å². The topological polar surface area (TPSA) is 70.9 Å². The van der Waals surface area contributed by atoms with Crippen molar-refractivity contribution in [3.05, 3.63) is 77.8 Å². The molecule has 35 heavy (non-hydrogen) atoms. The Morgan fingerprint density at radius 2 is 1.71 bits per heavy atom. The highest BCUT2D eigenvalue weighted by atomic mass is 16.5. The number of carbonyl (C=O) groups is 1. The summed E-state index contributed by atoms with van der Waals surface area (Å²) in [7, 11) is 3.68. The minimum absolute atomic E-state index is 0.0272. The molecule has 0 bridgehead atoms. The average Bonchev–Trinajstić information content (AvgIpc) is 2.91. The minimum Gasteiger partial charge on any atom is -0.497 e. The zero-order valence-corrected chi connectivity index (χ0v) is 20.7. The number of hydrogen-bond donors (Lipinski definition) is 2. The molecule has 3 aromatic rings. The second-order valence-corrected chi connectivity index (χ2v) is 8.79. The molecule has 0 unspecified atom stereocenters. The van der Waals surface area contributed by atoms with Crippen molar-refractivity contribution in [2.45, 2.75) is 19.3 Å². The highest BCUT2D eigenvalue weighted by molar-refractivity contribution is 5.94. The summed E-state index contributed by atoms with van der Waals surface area (Å²) >= 11 is 0. The molecule has 1 aromatic heterocycles. The second-order valence-electron chi connectivity index (χ2n) is 8.79. The van der Waals surface area contributed by atoms with E-state index >= 15 is 0 Å². The first-order valence-corrected chi connectivity index (χ1v) is 12.3. The van der Waals surface area contributed by atoms with Crippen LogP contribution in [0.5, 0.6) is 5.75 Å². The molecule has 7 nitrogen and oxygen atoms in total. The molecule has 1 aliphatic heterocycles.